The summed E-state index contributed by atoms with van der Waals surface area (Å²) in [6, 6.07) is 7.32. The van der Waals surface area contributed by atoms with Crippen LogP contribution in [-0.4, -0.2) is 52.3 Å². The van der Waals surface area contributed by atoms with Crippen molar-refractivity contribution in [2.24, 2.45) is 5.92 Å². The van der Waals surface area contributed by atoms with Gasteiger partial charge in [-0.2, -0.15) is 0 Å². The number of aromatic nitrogens is 2. The maximum absolute atomic E-state index is 13.0. The predicted octanol–water partition coefficient (Wildman–Crippen LogP) is 4.12. The first-order valence-corrected chi connectivity index (χ1v) is 12.0. The molecule has 1 amide bonds. The summed E-state index contributed by atoms with van der Waals surface area (Å²) in [6.07, 6.45) is 3.31. The molecular formula is C22H19N3O4S2. The number of ketones is 1. The highest BCUT2D eigenvalue weighted by atomic mass is 32.1. The molecule has 0 spiro atoms. The number of nitrogens with zero attached hydrogens (tertiary/aromatic N) is 3. The Hall–Kier alpha value is -2.91. The van der Waals surface area contributed by atoms with E-state index in [-0.39, 0.29) is 17.6 Å². The van der Waals surface area contributed by atoms with Crippen LogP contribution in [0.4, 0.5) is 0 Å². The van der Waals surface area contributed by atoms with Crippen molar-refractivity contribution in [3.05, 3.63) is 46.3 Å². The van der Waals surface area contributed by atoms with E-state index in [1.165, 1.54) is 11.3 Å². The number of imidazole rings is 1. The molecule has 1 saturated heterocycles. The lowest BCUT2D eigenvalue weighted by atomic mass is 9.88. The second kappa shape index (κ2) is 7.35. The fraction of sp³-hybridized carbons (Fsp3) is 0.318. The number of piperidine rings is 1. The van der Waals surface area contributed by atoms with Crippen LogP contribution < -0.4 is 9.47 Å². The van der Waals surface area contributed by atoms with Gasteiger partial charge < -0.3 is 14.4 Å². The smallest absolute Gasteiger partial charge is 0.264 e. The van der Waals surface area contributed by atoms with Crippen molar-refractivity contribution < 1.29 is 19.1 Å². The molecule has 31 heavy (non-hydrogen) atoms. The summed E-state index contributed by atoms with van der Waals surface area (Å²) in [5, 5.41) is 1.99. The Morgan fingerprint density at radius 3 is 2.71 bits per heavy atom. The Balaban J connectivity index is 1.14. The monoisotopic (exact) mass is 453 g/mol. The predicted molar refractivity (Wildman–Crippen MR) is 119 cm³/mol. The Morgan fingerprint density at radius 2 is 1.87 bits per heavy atom. The van der Waals surface area contributed by atoms with Gasteiger partial charge in [0.2, 0.25) is 0 Å². The number of ether oxygens (including phenoxy) is 2. The average molecular weight is 454 g/mol. The van der Waals surface area contributed by atoms with Crippen LogP contribution in [0, 0.1) is 5.92 Å². The molecule has 5 heterocycles. The van der Waals surface area contributed by atoms with Crippen LogP contribution in [0.5, 0.6) is 11.5 Å². The number of fused-ring (bicyclic) bond motifs is 4. The number of thiophene rings is 1. The fourth-order valence-electron chi connectivity index (χ4n) is 4.29. The molecule has 7 nitrogen and oxygen atoms in total. The highest BCUT2D eigenvalue weighted by Gasteiger charge is 2.30. The van der Waals surface area contributed by atoms with E-state index in [2.05, 4.69) is 4.98 Å². The van der Waals surface area contributed by atoms with Crippen LogP contribution in [-0.2, 0) is 0 Å². The summed E-state index contributed by atoms with van der Waals surface area (Å²) in [5.41, 5.74) is 1.63. The maximum atomic E-state index is 13.0. The number of benzene rings is 1. The van der Waals surface area contributed by atoms with Crippen LogP contribution >= 0.6 is 22.7 Å². The molecule has 0 N–H and O–H groups in total. The Morgan fingerprint density at radius 1 is 1.06 bits per heavy atom. The normalized spacial score (nSPS) is 16.8. The molecule has 4 aromatic rings. The Bertz CT molecular complexity index is 1310. The quantitative estimate of drug-likeness (QED) is 0.437. The zero-order valence-electron chi connectivity index (χ0n) is 16.6. The third-order valence-corrected chi connectivity index (χ3v) is 7.69. The zero-order valence-corrected chi connectivity index (χ0v) is 18.2. The zero-order chi connectivity index (χ0) is 20.9. The lowest BCUT2D eigenvalue weighted by Crippen LogP contribution is -2.40. The molecule has 0 unspecified atom stereocenters. The highest BCUT2D eigenvalue weighted by molar-refractivity contribution is 7.21. The standard InChI is InChI=1S/C22H19N3O4S2/c26-19(14-1-2-16-17(11-14)29-9-8-28-16)13-3-5-24(6-4-13)21(27)18-12-15-20(31-18)23-22-25(15)7-10-30-22/h1-2,7,10-13H,3-6,8-9H2. The number of carbonyl (C=O) groups is 2. The molecule has 2 aliphatic heterocycles. The first-order valence-electron chi connectivity index (χ1n) is 10.3. The molecule has 0 atom stereocenters. The van der Waals surface area contributed by atoms with Gasteiger partial charge in [0.05, 0.1) is 10.4 Å². The molecule has 3 aromatic heterocycles. The average Bonchev–Trinajstić information content (AvgIpc) is 3.50. The Kier molecular flexibility index (Phi) is 4.46. The Labute approximate surface area is 185 Å². The highest BCUT2D eigenvalue weighted by Crippen LogP contribution is 2.33. The summed E-state index contributed by atoms with van der Waals surface area (Å²) in [7, 11) is 0. The number of amides is 1. The second-order valence-electron chi connectivity index (χ2n) is 7.76. The summed E-state index contributed by atoms with van der Waals surface area (Å²) in [5.74, 6) is 1.37. The molecule has 0 saturated carbocycles. The van der Waals surface area contributed by atoms with E-state index in [9.17, 15) is 9.59 Å². The minimum Gasteiger partial charge on any atom is -0.486 e. The van der Waals surface area contributed by atoms with E-state index in [4.69, 9.17) is 9.47 Å². The van der Waals surface area contributed by atoms with Crippen molar-refractivity contribution in [1.82, 2.24) is 14.3 Å². The molecule has 6 rings (SSSR count). The minimum atomic E-state index is -0.0844. The molecule has 0 radical (unpaired) electrons. The molecule has 9 heteroatoms. The van der Waals surface area contributed by atoms with E-state index in [0.717, 1.165) is 15.3 Å². The van der Waals surface area contributed by atoms with Crippen LogP contribution in [0.3, 0.4) is 0 Å². The van der Waals surface area contributed by atoms with Crippen LogP contribution in [0.2, 0.25) is 0 Å². The van der Waals surface area contributed by atoms with Gasteiger partial charge in [0.1, 0.15) is 18.0 Å². The number of hydrogen-bond acceptors (Lipinski definition) is 7. The van der Waals surface area contributed by atoms with Crippen molar-refractivity contribution in [3.63, 3.8) is 0 Å². The van der Waals surface area contributed by atoms with Crippen LogP contribution in [0.1, 0.15) is 32.9 Å². The molecular weight excluding hydrogens is 434 g/mol. The lowest BCUT2D eigenvalue weighted by Gasteiger charge is -2.31. The van der Waals surface area contributed by atoms with E-state index >= 15 is 0 Å². The number of likely N-dealkylation sites (tertiary alicyclic amines) is 1. The third-order valence-electron chi connectivity index (χ3n) is 5.93. The number of thiazole rings is 1. The van der Waals surface area contributed by atoms with Crippen molar-refractivity contribution >= 4 is 49.7 Å². The summed E-state index contributed by atoms with van der Waals surface area (Å²) < 4.78 is 13.2. The van der Waals surface area contributed by atoms with Gasteiger partial charge in [-0.05, 0) is 37.1 Å². The number of hydrogen-bond donors (Lipinski definition) is 0. The SMILES string of the molecule is O=C(c1ccc2c(c1)OCCO2)C1CCN(C(=O)c2cc3c(nc4sccn43)s2)CC1. The van der Waals surface area contributed by atoms with Gasteiger partial charge in [-0.3, -0.25) is 14.0 Å². The van der Waals surface area contributed by atoms with Gasteiger partial charge in [0, 0.05) is 36.1 Å². The topological polar surface area (TPSA) is 73.1 Å². The second-order valence-corrected chi connectivity index (χ2v) is 9.66. The number of carbonyl (C=O) groups excluding carboxylic acids is 2. The third kappa shape index (κ3) is 3.19. The van der Waals surface area contributed by atoms with Gasteiger partial charge in [-0.15, -0.1) is 22.7 Å². The molecule has 1 fully saturated rings. The lowest BCUT2D eigenvalue weighted by molar-refractivity contribution is 0.0654. The molecule has 158 valence electrons. The summed E-state index contributed by atoms with van der Waals surface area (Å²) in [6.45, 7) is 2.19. The number of rotatable bonds is 3. The largest absolute Gasteiger partial charge is 0.486 e. The van der Waals surface area contributed by atoms with E-state index < -0.39 is 0 Å². The van der Waals surface area contributed by atoms with Crippen LogP contribution in [0.25, 0.3) is 15.3 Å². The first-order chi connectivity index (χ1) is 15.2. The summed E-state index contributed by atoms with van der Waals surface area (Å²) >= 11 is 3.02. The van der Waals surface area contributed by atoms with Crippen molar-refractivity contribution in [3.8, 4) is 11.5 Å². The van der Waals surface area contributed by atoms with E-state index in [1.807, 2.05) is 26.9 Å². The fourth-order valence-corrected chi connectivity index (χ4v) is 6.05. The van der Waals surface area contributed by atoms with Gasteiger partial charge in [-0.25, -0.2) is 4.98 Å². The van der Waals surface area contributed by atoms with Crippen LogP contribution in [0.15, 0.2) is 35.8 Å². The maximum Gasteiger partial charge on any atom is 0.264 e. The van der Waals surface area contributed by atoms with Crippen molar-refractivity contribution in [2.75, 3.05) is 26.3 Å². The van der Waals surface area contributed by atoms with Gasteiger partial charge >= 0.3 is 0 Å². The van der Waals surface area contributed by atoms with Crippen molar-refractivity contribution in [2.45, 2.75) is 12.8 Å². The van der Waals surface area contributed by atoms with Gasteiger partial charge in [-0.1, -0.05) is 0 Å². The first kappa shape index (κ1) is 18.8. The summed E-state index contributed by atoms with van der Waals surface area (Å²) in [4.78, 5) is 35.0. The van der Waals surface area contributed by atoms with Gasteiger partial charge in [0.15, 0.2) is 22.2 Å². The minimum absolute atomic E-state index is 0.0252. The molecule has 2 aliphatic rings. The van der Waals surface area contributed by atoms with Gasteiger partial charge in [0.25, 0.3) is 5.91 Å². The molecule has 0 aliphatic carbocycles. The number of Topliss-reactive ketones (excluding diaryl/α,β-unsaturated/α-hetero) is 1. The van der Waals surface area contributed by atoms with E-state index in [1.54, 1.807) is 29.5 Å². The van der Waals surface area contributed by atoms with Crippen molar-refractivity contribution in [1.29, 1.82) is 0 Å². The van der Waals surface area contributed by atoms with E-state index in [0.29, 0.717) is 61.1 Å². The molecule has 0 bridgehead atoms. The molecule has 1 aromatic carbocycles.